The fraction of sp³-hybridized carbons (Fsp3) is 0.333. The molecule has 0 amide bonds. The summed E-state index contributed by atoms with van der Waals surface area (Å²) in [6.07, 6.45) is 1.19. The molecular formula is C9H13NO3S. The molecule has 4 nitrogen and oxygen atoms in total. The van der Waals surface area contributed by atoms with Gasteiger partial charge in [0.2, 0.25) is 0 Å². The fourth-order valence-electron chi connectivity index (χ4n) is 1.01. The minimum atomic E-state index is -3.09. The standard InChI is InChI=1S/C9H13NO3S/c1-13-10-7-8-3-5-9(6-4-8)14(2,11)12/h3-6,10H,7H2,1-2H3. The van der Waals surface area contributed by atoms with Crippen molar-refractivity contribution in [3.8, 4) is 0 Å². The van der Waals surface area contributed by atoms with Gasteiger partial charge in [-0.1, -0.05) is 12.1 Å². The van der Waals surface area contributed by atoms with E-state index >= 15 is 0 Å². The Morgan fingerprint density at radius 1 is 1.29 bits per heavy atom. The van der Waals surface area contributed by atoms with E-state index in [1.54, 1.807) is 24.3 Å². The summed E-state index contributed by atoms with van der Waals surface area (Å²) in [6.45, 7) is 0.556. The molecule has 0 bridgehead atoms. The predicted molar refractivity (Wildman–Crippen MR) is 53.4 cm³/mol. The Morgan fingerprint density at radius 2 is 1.86 bits per heavy atom. The van der Waals surface area contributed by atoms with Gasteiger partial charge in [0.1, 0.15) is 0 Å². The molecule has 0 saturated carbocycles. The Balaban J connectivity index is 2.79. The highest BCUT2D eigenvalue weighted by Gasteiger charge is 2.05. The molecule has 0 atom stereocenters. The van der Waals surface area contributed by atoms with Gasteiger partial charge in [-0.15, -0.1) is 0 Å². The van der Waals surface area contributed by atoms with Crippen LogP contribution >= 0.6 is 0 Å². The first-order valence-electron chi connectivity index (χ1n) is 4.09. The number of nitrogens with one attached hydrogen (secondary N) is 1. The first kappa shape index (κ1) is 11.2. The van der Waals surface area contributed by atoms with Gasteiger partial charge in [-0.05, 0) is 17.7 Å². The van der Waals surface area contributed by atoms with E-state index in [4.69, 9.17) is 0 Å². The van der Waals surface area contributed by atoms with E-state index in [0.29, 0.717) is 11.4 Å². The second kappa shape index (κ2) is 4.54. The summed E-state index contributed by atoms with van der Waals surface area (Å²) in [5.74, 6) is 0. The SMILES string of the molecule is CONCc1ccc(S(C)(=O)=O)cc1. The first-order valence-corrected chi connectivity index (χ1v) is 5.98. The van der Waals surface area contributed by atoms with Gasteiger partial charge in [-0.2, -0.15) is 5.48 Å². The summed E-state index contributed by atoms with van der Waals surface area (Å²) in [7, 11) is -1.56. The average Bonchev–Trinajstić information content (AvgIpc) is 2.14. The van der Waals surface area contributed by atoms with E-state index in [9.17, 15) is 8.42 Å². The molecule has 1 N–H and O–H groups in total. The van der Waals surface area contributed by atoms with Crippen LogP contribution in [0.2, 0.25) is 0 Å². The normalized spacial score (nSPS) is 11.6. The molecule has 1 rings (SSSR count). The van der Waals surface area contributed by atoms with Crippen LogP contribution in [-0.4, -0.2) is 21.8 Å². The van der Waals surface area contributed by atoms with E-state index < -0.39 is 9.84 Å². The summed E-state index contributed by atoms with van der Waals surface area (Å²) in [5, 5.41) is 0. The quantitative estimate of drug-likeness (QED) is 0.753. The van der Waals surface area contributed by atoms with Crippen molar-refractivity contribution in [2.45, 2.75) is 11.4 Å². The number of rotatable bonds is 4. The van der Waals surface area contributed by atoms with Crippen molar-refractivity contribution in [2.75, 3.05) is 13.4 Å². The highest BCUT2D eigenvalue weighted by molar-refractivity contribution is 7.90. The van der Waals surface area contributed by atoms with Crippen molar-refractivity contribution in [2.24, 2.45) is 0 Å². The van der Waals surface area contributed by atoms with E-state index in [1.807, 2.05) is 0 Å². The zero-order valence-corrected chi connectivity index (χ0v) is 8.97. The molecule has 5 heteroatoms. The number of benzene rings is 1. The molecule has 0 aliphatic heterocycles. The summed E-state index contributed by atoms with van der Waals surface area (Å²) in [5.41, 5.74) is 3.64. The zero-order valence-electron chi connectivity index (χ0n) is 8.15. The van der Waals surface area contributed by atoms with E-state index in [0.717, 1.165) is 5.56 Å². The van der Waals surface area contributed by atoms with Gasteiger partial charge >= 0.3 is 0 Å². The van der Waals surface area contributed by atoms with Crippen molar-refractivity contribution in [3.05, 3.63) is 29.8 Å². The molecule has 0 aromatic heterocycles. The van der Waals surface area contributed by atoms with Crippen molar-refractivity contribution in [3.63, 3.8) is 0 Å². The molecule has 0 fully saturated rings. The van der Waals surface area contributed by atoms with Gasteiger partial charge < -0.3 is 4.84 Å². The molecule has 0 unspecified atom stereocenters. The Labute approximate surface area is 83.8 Å². The third-order valence-corrected chi connectivity index (χ3v) is 2.90. The van der Waals surface area contributed by atoms with Crippen LogP contribution in [0.15, 0.2) is 29.2 Å². The van der Waals surface area contributed by atoms with Crippen LogP contribution in [0.3, 0.4) is 0 Å². The van der Waals surface area contributed by atoms with Crippen molar-refractivity contribution in [1.29, 1.82) is 0 Å². The summed E-state index contributed by atoms with van der Waals surface area (Å²) < 4.78 is 22.2. The molecule has 14 heavy (non-hydrogen) atoms. The molecule has 1 aromatic rings. The zero-order chi connectivity index (χ0) is 10.6. The Bertz CT molecular complexity index is 383. The molecule has 0 aliphatic carbocycles. The number of hydroxylamine groups is 1. The van der Waals surface area contributed by atoms with E-state index in [-0.39, 0.29) is 0 Å². The maximum absolute atomic E-state index is 11.1. The van der Waals surface area contributed by atoms with Crippen molar-refractivity contribution in [1.82, 2.24) is 5.48 Å². The maximum atomic E-state index is 11.1. The summed E-state index contributed by atoms with van der Waals surface area (Å²) in [4.78, 5) is 5.01. The highest BCUT2D eigenvalue weighted by Crippen LogP contribution is 2.09. The average molecular weight is 215 g/mol. The van der Waals surface area contributed by atoms with Gasteiger partial charge in [0, 0.05) is 12.8 Å². The Hall–Kier alpha value is -0.910. The van der Waals surface area contributed by atoms with Gasteiger partial charge in [0.25, 0.3) is 0 Å². The van der Waals surface area contributed by atoms with Crippen LogP contribution in [0, 0.1) is 0 Å². The van der Waals surface area contributed by atoms with Gasteiger partial charge in [0.05, 0.1) is 12.0 Å². The van der Waals surface area contributed by atoms with Crippen LogP contribution in [-0.2, 0) is 21.2 Å². The summed E-state index contributed by atoms with van der Waals surface area (Å²) >= 11 is 0. The molecule has 0 heterocycles. The molecular weight excluding hydrogens is 202 g/mol. The topological polar surface area (TPSA) is 55.4 Å². The smallest absolute Gasteiger partial charge is 0.175 e. The van der Waals surface area contributed by atoms with Gasteiger partial charge in [-0.25, -0.2) is 8.42 Å². The lowest BCUT2D eigenvalue weighted by Gasteiger charge is -2.03. The molecule has 0 radical (unpaired) electrons. The van der Waals surface area contributed by atoms with Crippen LogP contribution < -0.4 is 5.48 Å². The largest absolute Gasteiger partial charge is 0.305 e. The van der Waals surface area contributed by atoms with Crippen LogP contribution in [0.1, 0.15) is 5.56 Å². The number of hydrogen-bond acceptors (Lipinski definition) is 4. The van der Waals surface area contributed by atoms with Crippen LogP contribution in [0.5, 0.6) is 0 Å². The lowest BCUT2D eigenvalue weighted by Crippen LogP contribution is -2.10. The fourth-order valence-corrected chi connectivity index (χ4v) is 1.64. The van der Waals surface area contributed by atoms with E-state index in [2.05, 4.69) is 10.3 Å². The minimum Gasteiger partial charge on any atom is -0.305 e. The Morgan fingerprint density at radius 3 is 2.29 bits per heavy atom. The van der Waals surface area contributed by atoms with Crippen molar-refractivity contribution < 1.29 is 13.3 Å². The minimum absolute atomic E-state index is 0.332. The maximum Gasteiger partial charge on any atom is 0.175 e. The van der Waals surface area contributed by atoms with Crippen LogP contribution in [0.4, 0.5) is 0 Å². The lowest BCUT2D eigenvalue weighted by molar-refractivity contribution is 0.0867. The molecule has 78 valence electrons. The van der Waals surface area contributed by atoms with Crippen LogP contribution in [0.25, 0.3) is 0 Å². The third kappa shape index (κ3) is 3.10. The predicted octanol–water partition coefficient (Wildman–Crippen LogP) is 0.741. The molecule has 1 aromatic carbocycles. The molecule has 0 spiro atoms. The lowest BCUT2D eigenvalue weighted by atomic mass is 10.2. The van der Waals surface area contributed by atoms with E-state index in [1.165, 1.54) is 13.4 Å². The number of hydrogen-bond donors (Lipinski definition) is 1. The van der Waals surface area contributed by atoms with Crippen molar-refractivity contribution >= 4 is 9.84 Å². The molecule has 0 saturated heterocycles. The second-order valence-electron chi connectivity index (χ2n) is 2.94. The Kier molecular flexibility index (Phi) is 3.62. The highest BCUT2D eigenvalue weighted by atomic mass is 32.2. The third-order valence-electron chi connectivity index (χ3n) is 1.77. The second-order valence-corrected chi connectivity index (χ2v) is 4.96. The first-order chi connectivity index (χ1) is 6.54. The summed E-state index contributed by atoms with van der Waals surface area (Å²) in [6, 6.07) is 6.68. The van der Waals surface area contributed by atoms with Gasteiger partial charge in [0.15, 0.2) is 9.84 Å². The number of sulfone groups is 1. The molecule has 0 aliphatic rings. The van der Waals surface area contributed by atoms with Gasteiger partial charge in [-0.3, -0.25) is 0 Å². The monoisotopic (exact) mass is 215 g/mol.